The van der Waals surface area contributed by atoms with Gasteiger partial charge in [-0.2, -0.15) is 0 Å². The fraction of sp³-hybridized carbons (Fsp3) is 0.385. The first-order chi connectivity index (χ1) is 10.0. The number of benzene rings is 1. The summed E-state index contributed by atoms with van der Waals surface area (Å²) in [6.07, 6.45) is -0.466. The number of carboxylic acid groups (broad SMARTS) is 1. The Balaban J connectivity index is 2.02. The Labute approximate surface area is 124 Å². The summed E-state index contributed by atoms with van der Waals surface area (Å²) in [5.74, 6) is -0.432. The van der Waals surface area contributed by atoms with Gasteiger partial charge in [0, 0.05) is 30.3 Å². The number of thioether (sulfide) groups is 1. The minimum absolute atomic E-state index is 0.0156. The molecule has 0 radical (unpaired) electrons. The number of anilines is 1. The molecule has 8 heteroatoms. The molecule has 2 aliphatic heterocycles. The topological polar surface area (TPSA) is 96.9 Å². The van der Waals surface area contributed by atoms with E-state index < -0.39 is 16.8 Å². The van der Waals surface area contributed by atoms with E-state index in [1.165, 1.54) is 12.1 Å². The van der Waals surface area contributed by atoms with Crippen LogP contribution in [0.1, 0.15) is 12.0 Å². The van der Waals surface area contributed by atoms with Crippen LogP contribution in [0.2, 0.25) is 0 Å². The number of fused-ring (bicyclic) bond motifs is 1. The largest absolute Gasteiger partial charge is 0.465 e. The number of nitrogens with two attached hydrogens (primary N) is 1. The number of amides is 1. The average molecular weight is 311 g/mol. The van der Waals surface area contributed by atoms with Gasteiger partial charge in [0.1, 0.15) is 5.82 Å². The Hall–Kier alpha value is -1.80. The lowest BCUT2D eigenvalue weighted by Crippen LogP contribution is -2.41. The minimum atomic E-state index is -1.21. The van der Waals surface area contributed by atoms with Crippen molar-refractivity contribution in [1.82, 2.24) is 5.32 Å². The third-order valence-electron chi connectivity index (χ3n) is 3.60. The van der Waals surface area contributed by atoms with Gasteiger partial charge in [-0.1, -0.05) is 0 Å². The molecule has 0 aromatic heterocycles. The smallest absolute Gasteiger partial charge is 0.410 e. The second-order valence-electron chi connectivity index (χ2n) is 4.92. The Morgan fingerprint density at radius 2 is 2.43 bits per heavy atom. The van der Waals surface area contributed by atoms with E-state index in [4.69, 9.17) is 15.6 Å². The van der Waals surface area contributed by atoms with Crippen molar-refractivity contribution < 1.29 is 19.0 Å². The lowest BCUT2D eigenvalue weighted by atomic mass is 9.93. The fourth-order valence-electron chi connectivity index (χ4n) is 2.67. The normalized spacial score (nSPS) is 27.9. The maximum absolute atomic E-state index is 14.3. The number of halogens is 1. The molecule has 0 unspecified atom stereocenters. The number of nitrogen functional groups attached to an aromatic ring is 1. The summed E-state index contributed by atoms with van der Waals surface area (Å²) in [5, 5.41) is 11.2. The van der Waals surface area contributed by atoms with E-state index in [1.54, 1.807) is 6.07 Å². The molecule has 0 spiro atoms. The van der Waals surface area contributed by atoms with Crippen LogP contribution < -0.4 is 11.1 Å². The van der Waals surface area contributed by atoms with Crippen LogP contribution in [0.3, 0.4) is 0 Å². The highest BCUT2D eigenvalue weighted by molar-refractivity contribution is 8.14. The molecule has 1 aromatic rings. The van der Waals surface area contributed by atoms with Gasteiger partial charge in [0.25, 0.3) is 0 Å². The van der Waals surface area contributed by atoms with Crippen molar-refractivity contribution >= 4 is 28.7 Å². The highest BCUT2D eigenvalue weighted by Crippen LogP contribution is 2.53. The van der Waals surface area contributed by atoms with Crippen molar-refractivity contribution in [3.8, 4) is 0 Å². The lowest BCUT2D eigenvalue weighted by molar-refractivity contribution is 0.0560. The fourth-order valence-corrected chi connectivity index (χ4v) is 4.01. The minimum Gasteiger partial charge on any atom is -0.465 e. The predicted octanol–water partition coefficient (Wildman–Crippen LogP) is 1.97. The monoisotopic (exact) mass is 311 g/mol. The van der Waals surface area contributed by atoms with Gasteiger partial charge in [0.15, 0.2) is 10.1 Å². The average Bonchev–Trinajstić information content (AvgIpc) is 2.84. The van der Waals surface area contributed by atoms with E-state index in [0.717, 1.165) is 18.2 Å². The van der Waals surface area contributed by atoms with Gasteiger partial charge in [-0.3, -0.25) is 10.3 Å². The summed E-state index contributed by atoms with van der Waals surface area (Å²) in [7, 11) is 0. The van der Waals surface area contributed by atoms with E-state index in [9.17, 15) is 9.18 Å². The third kappa shape index (κ3) is 2.44. The van der Waals surface area contributed by atoms with Gasteiger partial charge < -0.3 is 15.6 Å². The molecule has 21 heavy (non-hydrogen) atoms. The number of carbonyl (C=O) groups is 1. The number of hydrogen-bond donors (Lipinski definition) is 3. The highest BCUT2D eigenvalue weighted by Gasteiger charge is 2.51. The van der Waals surface area contributed by atoms with Crippen LogP contribution in [0.15, 0.2) is 23.2 Å². The van der Waals surface area contributed by atoms with E-state index in [2.05, 4.69) is 10.3 Å². The molecule has 0 bridgehead atoms. The van der Waals surface area contributed by atoms with Crippen LogP contribution >= 0.6 is 11.8 Å². The van der Waals surface area contributed by atoms with Gasteiger partial charge in [-0.25, -0.2) is 9.18 Å². The van der Waals surface area contributed by atoms with Crippen LogP contribution in [0.4, 0.5) is 14.9 Å². The standard InChI is InChI=1S/C13H14FN3O3S/c14-10-2-1-8(15)5-9(10)13-7(3-4-20-13)6-16-11(21-13)17-12(18)19/h1-2,5,7H,3-4,6,15H2,(H,16,17)(H,18,19)/t7-,13-/m0/s1. The number of aliphatic imine (C=N–C) groups is 1. The Morgan fingerprint density at radius 3 is 3.19 bits per heavy atom. The van der Waals surface area contributed by atoms with Crippen molar-refractivity contribution in [2.45, 2.75) is 11.4 Å². The molecule has 1 saturated heterocycles. The maximum atomic E-state index is 14.3. The zero-order valence-corrected chi connectivity index (χ0v) is 11.8. The summed E-state index contributed by atoms with van der Waals surface area (Å²) < 4.78 is 20.1. The molecule has 0 aliphatic carbocycles. The molecule has 2 aliphatic rings. The maximum Gasteiger partial charge on any atom is 0.410 e. The van der Waals surface area contributed by atoms with Crippen molar-refractivity contribution in [3.63, 3.8) is 0 Å². The Bertz CT molecular complexity index is 625. The number of hydrogen-bond acceptors (Lipinski definition) is 5. The molecule has 1 amide bonds. The van der Waals surface area contributed by atoms with Crippen LogP contribution in [0.5, 0.6) is 0 Å². The van der Waals surface area contributed by atoms with Crippen LogP contribution in [-0.4, -0.2) is 29.5 Å². The molecule has 4 N–H and O–H groups in total. The number of ether oxygens (including phenoxy) is 1. The second-order valence-corrected chi connectivity index (χ2v) is 6.12. The van der Waals surface area contributed by atoms with Crippen LogP contribution in [0.25, 0.3) is 0 Å². The number of nitrogens with zero attached hydrogens (tertiary/aromatic N) is 1. The van der Waals surface area contributed by atoms with Crippen LogP contribution in [-0.2, 0) is 9.67 Å². The molecule has 6 nitrogen and oxygen atoms in total. The van der Waals surface area contributed by atoms with Gasteiger partial charge >= 0.3 is 6.09 Å². The van der Waals surface area contributed by atoms with Gasteiger partial charge in [-0.15, -0.1) is 0 Å². The lowest BCUT2D eigenvalue weighted by Gasteiger charge is -2.36. The first-order valence-electron chi connectivity index (χ1n) is 6.44. The highest BCUT2D eigenvalue weighted by atomic mass is 32.2. The van der Waals surface area contributed by atoms with Crippen molar-refractivity contribution in [3.05, 3.63) is 29.6 Å². The molecular weight excluding hydrogens is 297 g/mol. The molecule has 2 heterocycles. The van der Waals surface area contributed by atoms with Crippen LogP contribution in [0, 0.1) is 11.7 Å². The molecular formula is C13H14FN3O3S. The van der Waals surface area contributed by atoms with Crippen molar-refractivity contribution in [2.24, 2.45) is 10.9 Å². The van der Waals surface area contributed by atoms with Gasteiger partial charge in [0.2, 0.25) is 0 Å². The third-order valence-corrected chi connectivity index (χ3v) is 5.00. The summed E-state index contributed by atoms with van der Waals surface area (Å²) in [4.78, 5) is 14.0. The van der Waals surface area contributed by atoms with Crippen molar-refractivity contribution in [2.75, 3.05) is 18.9 Å². The number of rotatable bonds is 1. The van der Waals surface area contributed by atoms with E-state index in [-0.39, 0.29) is 11.1 Å². The SMILES string of the molecule is Nc1ccc(F)c([C@]23OCC[C@H]2CN=C(NC(=O)O)S3)c1. The van der Waals surface area contributed by atoms with E-state index in [0.29, 0.717) is 24.4 Å². The molecule has 1 fully saturated rings. The van der Waals surface area contributed by atoms with Gasteiger partial charge in [0.05, 0.1) is 0 Å². The zero-order valence-electron chi connectivity index (χ0n) is 11.0. The molecule has 0 saturated carbocycles. The van der Waals surface area contributed by atoms with E-state index in [1.807, 2.05) is 0 Å². The quantitative estimate of drug-likeness (QED) is 0.689. The first kappa shape index (κ1) is 14.2. The number of amidine groups is 1. The molecule has 1 aromatic carbocycles. The first-order valence-corrected chi connectivity index (χ1v) is 7.26. The molecule has 112 valence electrons. The van der Waals surface area contributed by atoms with E-state index >= 15 is 0 Å². The molecule has 2 atom stereocenters. The second kappa shape index (κ2) is 5.19. The summed E-state index contributed by atoms with van der Waals surface area (Å²) in [5.41, 5.74) is 6.54. The van der Waals surface area contributed by atoms with Gasteiger partial charge in [-0.05, 0) is 36.4 Å². The number of nitrogens with one attached hydrogen (secondary N) is 1. The summed E-state index contributed by atoms with van der Waals surface area (Å²) >= 11 is 1.09. The summed E-state index contributed by atoms with van der Waals surface area (Å²) in [6.45, 7) is 0.860. The van der Waals surface area contributed by atoms with Crippen molar-refractivity contribution in [1.29, 1.82) is 0 Å². The summed E-state index contributed by atoms with van der Waals surface area (Å²) in [6, 6.07) is 4.33. The Morgan fingerprint density at radius 1 is 1.62 bits per heavy atom. The molecule has 3 rings (SSSR count). The zero-order chi connectivity index (χ0) is 15.0. The predicted molar refractivity (Wildman–Crippen MR) is 77.6 cm³/mol. The Kier molecular flexibility index (Phi) is 3.50.